The molecule has 0 saturated heterocycles. The zero-order valence-electron chi connectivity index (χ0n) is 9.00. The standard InChI is InChI=1S/C10H9ClN4O2/c1-2-17-10(16)7-3-14-15(5-7)9-8(11)4-12-6-13-9/h3-6H,2H2,1H3. The van der Waals surface area contributed by atoms with Crippen LogP contribution in [0.1, 0.15) is 17.3 Å². The maximum atomic E-state index is 11.4. The van der Waals surface area contributed by atoms with Crippen LogP contribution in [0.4, 0.5) is 0 Å². The molecule has 0 aliphatic heterocycles. The highest BCUT2D eigenvalue weighted by atomic mass is 35.5. The molecule has 0 radical (unpaired) electrons. The highest BCUT2D eigenvalue weighted by Crippen LogP contribution is 2.15. The number of hydrogen-bond acceptors (Lipinski definition) is 5. The number of nitrogens with zero attached hydrogens (tertiary/aromatic N) is 4. The predicted molar refractivity (Wildman–Crippen MR) is 60.1 cm³/mol. The smallest absolute Gasteiger partial charge is 0.341 e. The molecule has 0 amide bonds. The Morgan fingerprint density at radius 2 is 2.35 bits per heavy atom. The molecule has 88 valence electrons. The summed E-state index contributed by atoms with van der Waals surface area (Å²) in [7, 11) is 0. The predicted octanol–water partition coefficient (Wildman–Crippen LogP) is 1.49. The first-order valence-corrected chi connectivity index (χ1v) is 5.28. The van der Waals surface area contributed by atoms with E-state index < -0.39 is 5.97 Å². The lowest BCUT2D eigenvalue weighted by molar-refractivity contribution is 0.0526. The minimum absolute atomic E-state index is 0.318. The quantitative estimate of drug-likeness (QED) is 0.774. The molecule has 0 spiro atoms. The van der Waals surface area contributed by atoms with Gasteiger partial charge in [0.1, 0.15) is 11.3 Å². The number of rotatable bonds is 3. The summed E-state index contributed by atoms with van der Waals surface area (Å²) in [6, 6.07) is 0. The van der Waals surface area contributed by atoms with Gasteiger partial charge in [-0.3, -0.25) is 0 Å². The number of halogens is 1. The van der Waals surface area contributed by atoms with Crippen molar-refractivity contribution in [3.05, 3.63) is 35.5 Å². The highest BCUT2D eigenvalue weighted by molar-refractivity contribution is 6.32. The first-order valence-electron chi connectivity index (χ1n) is 4.90. The van der Waals surface area contributed by atoms with Crippen LogP contribution in [0.25, 0.3) is 5.82 Å². The number of carbonyl (C=O) groups excluding carboxylic acids is 1. The van der Waals surface area contributed by atoms with E-state index in [1.165, 1.54) is 29.6 Å². The van der Waals surface area contributed by atoms with Gasteiger partial charge in [0.15, 0.2) is 5.82 Å². The SMILES string of the molecule is CCOC(=O)c1cnn(-c2ncncc2Cl)c1. The Morgan fingerprint density at radius 3 is 3.06 bits per heavy atom. The molecule has 2 heterocycles. The van der Waals surface area contributed by atoms with Crippen LogP contribution < -0.4 is 0 Å². The summed E-state index contributed by atoms with van der Waals surface area (Å²) in [5.41, 5.74) is 0.349. The molecule has 0 fully saturated rings. The van der Waals surface area contributed by atoms with Crippen LogP contribution in [-0.4, -0.2) is 32.3 Å². The monoisotopic (exact) mass is 252 g/mol. The Bertz CT molecular complexity index is 541. The number of hydrogen-bond donors (Lipinski definition) is 0. The second-order valence-electron chi connectivity index (χ2n) is 3.09. The van der Waals surface area contributed by atoms with Crippen molar-refractivity contribution in [1.29, 1.82) is 0 Å². The number of aromatic nitrogens is 4. The second-order valence-corrected chi connectivity index (χ2v) is 3.50. The molecule has 0 aromatic carbocycles. The van der Waals surface area contributed by atoms with Crippen molar-refractivity contribution < 1.29 is 9.53 Å². The molecule has 6 nitrogen and oxygen atoms in total. The zero-order chi connectivity index (χ0) is 12.3. The van der Waals surface area contributed by atoms with E-state index in [4.69, 9.17) is 16.3 Å². The highest BCUT2D eigenvalue weighted by Gasteiger charge is 2.12. The minimum atomic E-state index is -0.427. The Morgan fingerprint density at radius 1 is 1.53 bits per heavy atom. The van der Waals surface area contributed by atoms with Crippen LogP contribution in [0.2, 0.25) is 5.02 Å². The van der Waals surface area contributed by atoms with Crippen LogP contribution in [0.5, 0.6) is 0 Å². The number of esters is 1. The van der Waals surface area contributed by atoms with Crippen LogP contribution >= 0.6 is 11.6 Å². The lowest BCUT2D eigenvalue weighted by atomic mass is 10.4. The molecule has 0 aliphatic rings. The molecule has 2 rings (SSSR count). The molecule has 7 heteroatoms. The van der Waals surface area contributed by atoms with E-state index in [1.54, 1.807) is 6.92 Å². The Hall–Kier alpha value is -1.95. The zero-order valence-corrected chi connectivity index (χ0v) is 9.76. The summed E-state index contributed by atoms with van der Waals surface area (Å²) in [5, 5.41) is 4.34. The molecular weight excluding hydrogens is 244 g/mol. The van der Waals surface area contributed by atoms with Crippen LogP contribution in [-0.2, 0) is 4.74 Å². The van der Waals surface area contributed by atoms with Crippen molar-refractivity contribution >= 4 is 17.6 Å². The molecule has 0 bridgehead atoms. The Labute approximate surface area is 102 Å². The van der Waals surface area contributed by atoms with Gasteiger partial charge in [-0.2, -0.15) is 5.10 Å². The third-order valence-electron chi connectivity index (χ3n) is 1.96. The second kappa shape index (κ2) is 4.92. The summed E-state index contributed by atoms with van der Waals surface area (Å²) in [6.45, 7) is 2.06. The van der Waals surface area contributed by atoms with E-state index in [2.05, 4.69) is 15.1 Å². The summed E-state index contributed by atoms with van der Waals surface area (Å²) < 4.78 is 6.25. The van der Waals surface area contributed by atoms with E-state index in [1.807, 2.05) is 0 Å². The molecule has 2 aromatic rings. The number of carbonyl (C=O) groups is 1. The molecule has 2 aromatic heterocycles. The molecule has 0 atom stereocenters. The normalized spacial score (nSPS) is 10.2. The fourth-order valence-electron chi connectivity index (χ4n) is 1.23. The summed E-state index contributed by atoms with van der Waals surface area (Å²) in [5.74, 6) is -0.0128. The first kappa shape index (κ1) is 11.5. The summed E-state index contributed by atoms with van der Waals surface area (Å²) >= 11 is 5.91. The van der Waals surface area contributed by atoms with Crippen LogP contribution in [0, 0.1) is 0 Å². The Kier molecular flexibility index (Phi) is 3.34. The Balaban J connectivity index is 2.30. The summed E-state index contributed by atoms with van der Waals surface area (Å²) in [4.78, 5) is 19.2. The van der Waals surface area contributed by atoms with Gasteiger partial charge in [-0.25, -0.2) is 19.4 Å². The van der Waals surface area contributed by atoms with E-state index in [0.29, 0.717) is 23.0 Å². The lowest BCUT2D eigenvalue weighted by Crippen LogP contribution is -2.03. The lowest BCUT2D eigenvalue weighted by Gasteiger charge is -2.00. The van der Waals surface area contributed by atoms with Crippen LogP contribution in [0.15, 0.2) is 24.9 Å². The van der Waals surface area contributed by atoms with Crippen molar-refractivity contribution in [2.75, 3.05) is 6.61 Å². The van der Waals surface area contributed by atoms with Gasteiger partial charge in [0.05, 0.1) is 24.6 Å². The maximum absolute atomic E-state index is 11.4. The third kappa shape index (κ3) is 2.42. The first-order chi connectivity index (χ1) is 8.22. The number of ether oxygens (including phenoxy) is 1. The third-order valence-corrected chi connectivity index (χ3v) is 2.23. The van der Waals surface area contributed by atoms with Gasteiger partial charge in [0.2, 0.25) is 0 Å². The average Bonchev–Trinajstić information content (AvgIpc) is 2.79. The fraction of sp³-hybridized carbons (Fsp3) is 0.200. The average molecular weight is 253 g/mol. The molecule has 17 heavy (non-hydrogen) atoms. The van der Waals surface area contributed by atoms with E-state index in [0.717, 1.165) is 0 Å². The van der Waals surface area contributed by atoms with E-state index in [-0.39, 0.29) is 0 Å². The van der Waals surface area contributed by atoms with E-state index >= 15 is 0 Å². The van der Waals surface area contributed by atoms with Gasteiger partial charge < -0.3 is 4.74 Å². The molecule has 0 unspecified atom stereocenters. The van der Waals surface area contributed by atoms with Gasteiger partial charge in [-0.05, 0) is 6.92 Å². The molecule has 0 N–H and O–H groups in total. The molecule has 0 aliphatic carbocycles. The maximum Gasteiger partial charge on any atom is 0.341 e. The molecular formula is C10H9ClN4O2. The topological polar surface area (TPSA) is 69.9 Å². The van der Waals surface area contributed by atoms with Crippen molar-refractivity contribution in [1.82, 2.24) is 19.7 Å². The van der Waals surface area contributed by atoms with Gasteiger partial charge in [-0.1, -0.05) is 11.6 Å². The van der Waals surface area contributed by atoms with Gasteiger partial charge in [-0.15, -0.1) is 0 Å². The van der Waals surface area contributed by atoms with Crippen LogP contribution in [0.3, 0.4) is 0 Å². The van der Waals surface area contributed by atoms with Crippen molar-refractivity contribution in [3.63, 3.8) is 0 Å². The van der Waals surface area contributed by atoms with Crippen molar-refractivity contribution in [2.24, 2.45) is 0 Å². The fourth-order valence-corrected chi connectivity index (χ4v) is 1.42. The van der Waals surface area contributed by atoms with Gasteiger partial charge >= 0.3 is 5.97 Å². The van der Waals surface area contributed by atoms with Gasteiger partial charge in [0, 0.05) is 6.20 Å². The van der Waals surface area contributed by atoms with E-state index in [9.17, 15) is 4.79 Å². The summed E-state index contributed by atoms with van der Waals surface area (Å²) in [6.07, 6.45) is 5.71. The minimum Gasteiger partial charge on any atom is -0.462 e. The van der Waals surface area contributed by atoms with Crippen molar-refractivity contribution in [2.45, 2.75) is 6.92 Å². The largest absolute Gasteiger partial charge is 0.462 e. The van der Waals surface area contributed by atoms with Crippen molar-refractivity contribution in [3.8, 4) is 5.82 Å². The van der Waals surface area contributed by atoms with Gasteiger partial charge in [0.25, 0.3) is 0 Å². The molecule has 0 saturated carbocycles.